The number of hydrogen-bond donors (Lipinski definition) is 2. The lowest BCUT2D eigenvalue weighted by atomic mass is 10.2. The molecule has 0 atom stereocenters. The van der Waals surface area contributed by atoms with E-state index >= 15 is 0 Å². The molecule has 82 valence electrons. The number of carbonyl (C=O) groups excluding carboxylic acids is 1. The summed E-state index contributed by atoms with van der Waals surface area (Å²) in [6.45, 7) is 0. The summed E-state index contributed by atoms with van der Waals surface area (Å²) < 4.78 is 0.370. The number of carboxylic acids is 1. The highest BCUT2D eigenvalue weighted by atomic mass is 79.9. The minimum absolute atomic E-state index is 0.0335. The number of rotatable bonds is 3. The topological polar surface area (TPSA) is 90.2 Å². The van der Waals surface area contributed by atoms with E-state index in [2.05, 4.69) is 21.2 Å². The van der Waals surface area contributed by atoms with Gasteiger partial charge >= 0.3 is 5.97 Å². The van der Waals surface area contributed by atoms with Crippen LogP contribution in [0, 0.1) is 11.3 Å². The summed E-state index contributed by atoms with van der Waals surface area (Å²) in [7, 11) is 0. The van der Waals surface area contributed by atoms with E-state index < -0.39 is 11.9 Å². The van der Waals surface area contributed by atoms with Crippen LogP contribution in [0.25, 0.3) is 0 Å². The van der Waals surface area contributed by atoms with Gasteiger partial charge in [-0.15, -0.1) is 0 Å². The fraction of sp³-hybridized carbons (Fsp3) is 0.100. The highest BCUT2D eigenvalue weighted by Crippen LogP contribution is 2.24. The lowest BCUT2D eigenvalue weighted by Crippen LogP contribution is -2.14. The van der Waals surface area contributed by atoms with Crippen molar-refractivity contribution in [3.63, 3.8) is 0 Å². The Hall–Kier alpha value is -1.87. The van der Waals surface area contributed by atoms with E-state index in [4.69, 9.17) is 10.4 Å². The average Bonchev–Trinajstić information content (AvgIpc) is 2.17. The van der Waals surface area contributed by atoms with Crippen molar-refractivity contribution >= 4 is 33.5 Å². The number of nitrogens with zero attached hydrogens (tertiary/aromatic N) is 1. The van der Waals surface area contributed by atoms with Crippen LogP contribution in [-0.4, -0.2) is 17.0 Å². The lowest BCUT2D eigenvalue weighted by molar-refractivity contribution is -0.115. The third-order valence-corrected chi connectivity index (χ3v) is 2.40. The van der Waals surface area contributed by atoms with Crippen LogP contribution in [-0.2, 0) is 4.79 Å². The molecule has 1 amide bonds. The number of carbonyl (C=O) groups is 2. The number of carboxylic acid groups (broad SMARTS) is 1. The zero-order valence-corrected chi connectivity index (χ0v) is 9.61. The number of nitriles is 1. The fourth-order valence-electron chi connectivity index (χ4n) is 1.11. The first-order valence-electron chi connectivity index (χ1n) is 4.25. The molecule has 0 fully saturated rings. The van der Waals surface area contributed by atoms with Crippen LogP contribution in [0.15, 0.2) is 22.7 Å². The Morgan fingerprint density at radius 2 is 2.19 bits per heavy atom. The van der Waals surface area contributed by atoms with Gasteiger partial charge in [0.25, 0.3) is 0 Å². The van der Waals surface area contributed by atoms with Crippen LogP contribution in [0.3, 0.4) is 0 Å². The summed E-state index contributed by atoms with van der Waals surface area (Å²) in [6.07, 6.45) is -0.314. The van der Waals surface area contributed by atoms with Crippen molar-refractivity contribution in [1.29, 1.82) is 5.26 Å². The van der Waals surface area contributed by atoms with Crippen molar-refractivity contribution < 1.29 is 14.7 Å². The first-order chi connectivity index (χ1) is 7.56. The number of hydrogen-bond acceptors (Lipinski definition) is 3. The molecule has 0 spiro atoms. The Balaban J connectivity index is 3.05. The second-order valence-corrected chi connectivity index (χ2v) is 3.70. The van der Waals surface area contributed by atoms with Gasteiger partial charge in [-0.25, -0.2) is 4.79 Å². The van der Waals surface area contributed by atoms with Crippen molar-refractivity contribution in [2.45, 2.75) is 6.42 Å². The van der Waals surface area contributed by atoms with Crippen molar-refractivity contribution in [2.75, 3.05) is 5.32 Å². The number of halogens is 1. The summed E-state index contributed by atoms with van der Waals surface area (Å²) in [5.41, 5.74) is 0.135. The van der Waals surface area contributed by atoms with Gasteiger partial charge < -0.3 is 10.4 Å². The smallest absolute Gasteiger partial charge is 0.338 e. The molecule has 1 aromatic rings. The largest absolute Gasteiger partial charge is 0.478 e. The maximum atomic E-state index is 11.2. The molecule has 0 aliphatic heterocycles. The molecule has 5 nitrogen and oxygen atoms in total. The first-order valence-corrected chi connectivity index (χ1v) is 5.04. The van der Waals surface area contributed by atoms with Gasteiger partial charge in [0.1, 0.15) is 6.42 Å². The van der Waals surface area contributed by atoms with Crippen LogP contribution in [0.4, 0.5) is 5.69 Å². The van der Waals surface area contributed by atoms with E-state index in [-0.39, 0.29) is 17.7 Å². The maximum absolute atomic E-state index is 11.2. The van der Waals surface area contributed by atoms with E-state index in [1.165, 1.54) is 6.07 Å². The normalized spacial score (nSPS) is 9.25. The minimum Gasteiger partial charge on any atom is -0.478 e. The van der Waals surface area contributed by atoms with Gasteiger partial charge in [-0.05, 0) is 28.1 Å². The monoisotopic (exact) mass is 282 g/mol. The van der Waals surface area contributed by atoms with Crippen LogP contribution in [0.2, 0.25) is 0 Å². The van der Waals surface area contributed by atoms with Crippen LogP contribution in [0.5, 0.6) is 0 Å². The molecule has 0 unspecified atom stereocenters. The Morgan fingerprint density at radius 1 is 1.50 bits per heavy atom. The van der Waals surface area contributed by atoms with E-state index in [1.807, 2.05) is 0 Å². The highest BCUT2D eigenvalue weighted by Gasteiger charge is 2.15. The Labute approximate surface area is 99.8 Å². The molecule has 0 saturated carbocycles. The highest BCUT2D eigenvalue weighted by molar-refractivity contribution is 9.10. The Morgan fingerprint density at radius 3 is 2.75 bits per heavy atom. The summed E-state index contributed by atoms with van der Waals surface area (Å²) in [5.74, 6) is -1.69. The summed E-state index contributed by atoms with van der Waals surface area (Å²) >= 11 is 3.08. The zero-order chi connectivity index (χ0) is 12.1. The number of benzene rings is 1. The van der Waals surface area contributed by atoms with E-state index in [1.54, 1.807) is 18.2 Å². The van der Waals surface area contributed by atoms with E-state index in [0.29, 0.717) is 4.47 Å². The Kier molecular flexibility index (Phi) is 4.03. The van der Waals surface area contributed by atoms with Crippen molar-refractivity contribution in [1.82, 2.24) is 0 Å². The molecule has 0 heterocycles. The average molecular weight is 283 g/mol. The third kappa shape index (κ3) is 2.81. The molecular weight excluding hydrogens is 276 g/mol. The molecule has 0 aliphatic rings. The van der Waals surface area contributed by atoms with Gasteiger partial charge in [-0.2, -0.15) is 5.26 Å². The molecule has 0 aliphatic carbocycles. The fourth-order valence-corrected chi connectivity index (χ4v) is 1.65. The van der Waals surface area contributed by atoms with E-state index in [9.17, 15) is 9.59 Å². The van der Waals surface area contributed by atoms with E-state index in [0.717, 1.165) is 0 Å². The summed E-state index contributed by atoms with van der Waals surface area (Å²) in [4.78, 5) is 22.1. The molecule has 6 heteroatoms. The van der Waals surface area contributed by atoms with Gasteiger partial charge in [0, 0.05) is 4.47 Å². The maximum Gasteiger partial charge on any atom is 0.338 e. The van der Waals surface area contributed by atoms with Crippen molar-refractivity contribution in [3.8, 4) is 6.07 Å². The number of nitrogens with one attached hydrogen (secondary N) is 1. The second kappa shape index (κ2) is 5.28. The molecule has 0 bridgehead atoms. The predicted molar refractivity (Wildman–Crippen MR) is 60.0 cm³/mol. The molecule has 0 saturated heterocycles. The van der Waals surface area contributed by atoms with Crippen LogP contribution >= 0.6 is 15.9 Å². The first kappa shape index (κ1) is 12.2. The van der Waals surface area contributed by atoms with Crippen LogP contribution < -0.4 is 5.32 Å². The molecule has 1 rings (SSSR count). The molecule has 2 N–H and O–H groups in total. The zero-order valence-electron chi connectivity index (χ0n) is 8.03. The SMILES string of the molecule is N#CCC(=O)Nc1cccc(Br)c1C(=O)O. The Bertz CT molecular complexity index is 479. The van der Waals surface area contributed by atoms with Gasteiger partial charge in [0.15, 0.2) is 0 Å². The molecular formula is C10H7BrN2O3. The predicted octanol–water partition coefficient (Wildman–Crippen LogP) is 2.00. The number of anilines is 1. The third-order valence-electron chi connectivity index (χ3n) is 1.74. The molecule has 16 heavy (non-hydrogen) atoms. The molecule has 1 aromatic carbocycles. The molecule has 0 radical (unpaired) electrons. The second-order valence-electron chi connectivity index (χ2n) is 2.85. The van der Waals surface area contributed by atoms with Gasteiger partial charge in [0.05, 0.1) is 17.3 Å². The lowest BCUT2D eigenvalue weighted by Gasteiger charge is -2.08. The summed E-state index contributed by atoms with van der Waals surface area (Å²) in [6, 6.07) is 6.30. The quantitative estimate of drug-likeness (QED) is 0.887. The molecule has 0 aromatic heterocycles. The van der Waals surface area contributed by atoms with Gasteiger partial charge in [-0.3, -0.25) is 4.79 Å². The number of amides is 1. The van der Waals surface area contributed by atoms with Crippen molar-refractivity contribution in [2.24, 2.45) is 0 Å². The minimum atomic E-state index is -1.15. The van der Waals surface area contributed by atoms with Gasteiger partial charge in [0.2, 0.25) is 5.91 Å². The summed E-state index contributed by atoms with van der Waals surface area (Å²) in [5, 5.41) is 19.6. The van der Waals surface area contributed by atoms with Crippen LogP contribution in [0.1, 0.15) is 16.8 Å². The van der Waals surface area contributed by atoms with Gasteiger partial charge in [-0.1, -0.05) is 6.07 Å². The number of aromatic carboxylic acids is 1. The van der Waals surface area contributed by atoms with Crippen molar-refractivity contribution in [3.05, 3.63) is 28.2 Å². The standard InChI is InChI=1S/C10H7BrN2O3/c11-6-2-1-3-7(9(6)10(15)16)13-8(14)4-5-12/h1-3H,4H2,(H,13,14)(H,15,16).